The first-order valence-corrected chi connectivity index (χ1v) is 7.22. The second-order valence-electron chi connectivity index (χ2n) is 5.83. The quantitative estimate of drug-likeness (QED) is 0.886. The normalized spacial score (nSPS) is 24.9. The lowest BCUT2D eigenvalue weighted by molar-refractivity contribution is 0.168. The fourth-order valence-corrected chi connectivity index (χ4v) is 2.95. The molecule has 1 fully saturated rings. The third-order valence-corrected chi connectivity index (χ3v) is 4.42. The Morgan fingerprint density at radius 1 is 1.37 bits per heavy atom. The number of nitrogens with zero attached hydrogens (tertiary/aromatic N) is 1. The Bertz CT molecular complexity index is 546. The van der Waals surface area contributed by atoms with Crippen LogP contribution in [0.5, 0.6) is 0 Å². The molecule has 3 rings (SSSR count). The zero-order valence-corrected chi connectivity index (χ0v) is 11.8. The molecule has 2 heterocycles. The van der Waals surface area contributed by atoms with Crippen LogP contribution < -0.4 is 5.32 Å². The zero-order chi connectivity index (χ0) is 13.2. The van der Waals surface area contributed by atoms with E-state index in [-0.39, 0.29) is 0 Å². The van der Waals surface area contributed by atoms with Crippen molar-refractivity contribution in [3.05, 3.63) is 36.0 Å². The number of nitrogens with one attached hydrogen (secondary N) is 2. The van der Waals surface area contributed by atoms with E-state index >= 15 is 0 Å². The molecule has 3 nitrogen and oxygen atoms in total. The van der Waals surface area contributed by atoms with Crippen molar-refractivity contribution >= 4 is 10.9 Å². The van der Waals surface area contributed by atoms with E-state index in [2.05, 4.69) is 53.4 Å². The average Bonchev–Trinajstić information content (AvgIpc) is 2.87. The molecule has 1 aromatic carbocycles. The maximum atomic E-state index is 3.71. The minimum Gasteiger partial charge on any atom is -0.361 e. The van der Waals surface area contributed by atoms with Crippen LogP contribution in [0.4, 0.5) is 0 Å². The van der Waals surface area contributed by atoms with Gasteiger partial charge in [0.25, 0.3) is 0 Å². The van der Waals surface area contributed by atoms with Gasteiger partial charge in [-0.25, -0.2) is 0 Å². The van der Waals surface area contributed by atoms with Gasteiger partial charge in [-0.05, 0) is 62.5 Å². The summed E-state index contributed by atoms with van der Waals surface area (Å²) in [5.41, 5.74) is 2.59. The zero-order valence-electron chi connectivity index (χ0n) is 11.8. The lowest BCUT2D eigenvalue weighted by atomic mass is 9.98. The van der Waals surface area contributed by atoms with Gasteiger partial charge < -0.3 is 15.2 Å². The van der Waals surface area contributed by atoms with Crippen molar-refractivity contribution in [1.29, 1.82) is 0 Å². The van der Waals surface area contributed by atoms with Gasteiger partial charge in [0.05, 0.1) is 0 Å². The summed E-state index contributed by atoms with van der Waals surface area (Å²) in [6.45, 7) is 4.50. The molecule has 0 spiro atoms. The number of aromatic nitrogens is 1. The topological polar surface area (TPSA) is 31.1 Å². The predicted octanol–water partition coefficient (Wildman–Crippen LogP) is 2.74. The van der Waals surface area contributed by atoms with Crippen molar-refractivity contribution in [3.8, 4) is 0 Å². The summed E-state index contributed by atoms with van der Waals surface area (Å²) in [5.74, 6) is 0. The smallest absolute Gasteiger partial charge is 0.0454 e. The fraction of sp³-hybridized carbons (Fsp3) is 0.500. The highest BCUT2D eigenvalue weighted by Crippen LogP contribution is 2.17. The number of aromatic amines is 1. The molecule has 1 saturated heterocycles. The Labute approximate surface area is 115 Å². The number of piperidine rings is 1. The van der Waals surface area contributed by atoms with Crippen LogP contribution in [-0.4, -0.2) is 35.6 Å². The van der Waals surface area contributed by atoms with Crippen molar-refractivity contribution in [2.45, 2.75) is 38.4 Å². The van der Waals surface area contributed by atoms with Crippen LogP contribution in [0.2, 0.25) is 0 Å². The number of hydrogen-bond donors (Lipinski definition) is 2. The average molecular weight is 257 g/mol. The summed E-state index contributed by atoms with van der Waals surface area (Å²) >= 11 is 0. The van der Waals surface area contributed by atoms with E-state index in [1.165, 1.54) is 35.9 Å². The first kappa shape index (κ1) is 12.7. The first-order valence-electron chi connectivity index (χ1n) is 7.22. The summed E-state index contributed by atoms with van der Waals surface area (Å²) in [5, 5.41) is 5.01. The molecule has 2 unspecified atom stereocenters. The van der Waals surface area contributed by atoms with E-state index in [0.29, 0.717) is 12.1 Å². The number of H-pyrrole nitrogens is 1. The van der Waals surface area contributed by atoms with Crippen molar-refractivity contribution in [2.24, 2.45) is 0 Å². The minimum absolute atomic E-state index is 0.660. The molecule has 0 amide bonds. The third kappa shape index (κ3) is 2.82. The van der Waals surface area contributed by atoms with Gasteiger partial charge in [-0.3, -0.25) is 0 Å². The molecule has 1 aliphatic rings. The van der Waals surface area contributed by atoms with Crippen molar-refractivity contribution in [3.63, 3.8) is 0 Å². The summed E-state index contributed by atoms with van der Waals surface area (Å²) in [7, 11) is 2.22. The second-order valence-corrected chi connectivity index (χ2v) is 5.83. The van der Waals surface area contributed by atoms with Gasteiger partial charge in [0.2, 0.25) is 0 Å². The SMILES string of the molecule is CC1CC(NCc2ccc3[nH]ccc3c2)CCN1C. The van der Waals surface area contributed by atoms with Gasteiger partial charge in [-0.1, -0.05) is 6.07 Å². The first-order chi connectivity index (χ1) is 9.22. The van der Waals surface area contributed by atoms with Crippen molar-refractivity contribution in [2.75, 3.05) is 13.6 Å². The van der Waals surface area contributed by atoms with Gasteiger partial charge in [0.1, 0.15) is 0 Å². The van der Waals surface area contributed by atoms with Crippen LogP contribution in [0.1, 0.15) is 25.3 Å². The van der Waals surface area contributed by atoms with E-state index < -0.39 is 0 Å². The van der Waals surface area contributed by atoms with E-state index in [1.807, 2.05) is 6.20 Å². The summed E-state index contributed by atoms with van der Waals surface area (Å²) < 4.78 is 0. The summed E-state index contributed by atoms with van der Waals surface area (Å²) in [6.07, 6.45) is 4.51. The number of rotatable bonds is 3. The number of benzene rings is 1. The molecule has 102 valence electrons. The molecular weight excluding hydrogens is 234 g/mol. The van der Waals surface area contributed by atoms with Gasteiger partial charge in [0, 0.05) is 30.3 Å². The predicted molar refractivity (Wildman–Crippen MR) is 80.3 cm³/mol. The molecule has 0 radical (unpaired) electrons. The Hall–Kier alpha value is -1.32. The standard InChI is InChI=1S/C16H23N3/c1-12-9-15(6-8-19(12)2)18-11-13-3-4-16-14(10-13)5-7-17-16/h3-5,7,10,12,15,17-18H,6,8-9,11H2,1-2H3. The maximum Gasteiger partial charge on any atom is 0.0454 e. The van der Waals surface area contributed by atoms with Gasteiger partial charge in [-0.2, -0.15) is 0 Å². The fourth-order valence-electron chi connectivity index (χ4n) is 2.95. The monoisotopic (exact) mass is 257 g/mol. The molecule has 2 atom stereocenters. The number of hydrogen-bond acceptors (Lipinski definition) is 2. The Morgan fingerprint density at radius 3 is 3.11 bits per heavy atom. The van der Waals surface area contributed by atoms with E-state index in [0.717, 1.165) is 6.54 Å². The summed E-state index contributed by atoms with van der Waals surface area (Å²) in [4.78, 5) is 5.69. The minimum atomic E-state index is 0.660. The van der Waals surface area contributed by atoms with Crippen molar-refractivity contribution < 1.29 is 0 Å². The van der Waals surface area contributed by atoms with E-state index in [4.69, 9.17) is 0 Å². The Morgan fingerprint density at radius 2 is 2.26 bits per heavy atom. The van der Waals surface area contributed by atoms with Crippen LogP contribution in [0.25, 0.3) is 10.9 Å². The molecular formula is C16H23N3. The molecule has 0 saturated carbocycles. The maximum absolute atomic E-state index is 3.71. The molecule has 19 heavy (non-hydrogen) atoms. The summed E-state index contributed by atoms with van der Waals surface area (Å²) in [6, 6.07) is 10.1. The third-order valence-electron chi connectivity index (χ3n) is 4.42. The van der Waals surface area contributed by atoms with Gasteiger partial charge in [0.15, 0.2) is 0 Å². The largest absolute Gasteiger partial charge is 0.361 e. The molecule has 1 aromatic heterocycles. The van der Waals surface area contributed by atoms with Gasteiger partial charge in [-0.15, -0.1) is 0 Å². The second kappa shape index (κ2) is 5.35. The van der Waals surface area contributed by atoms with Crippen LogP contribution in [-0.2, 0) is 6.54 Å². The van der Waals surface area contributed by atoms with E-state index in [9.17, 15) is 0 Å². The Kier molecular flexibility index (Phi) is 3.58. The number of likely N-dealkylation sites (tertiary alicyclic amines) is 1. The highest BCUT2D eigenvalue weighted by Gasteiger charge is 2.21. The molecule has 1 aliphatic heterocycles. The van der Waals surface area contributed by atoms with Crippen molar-refractivity contribution in [1.82, 2.24) is 15.2 Å². The van der Waals surface area contributed by atoms with E-state index in [1.54, 1.807) is 0 Å². The lowest BCUT2D eigenvalue weighted by Crippen LogP contribution is -2.45. The number of fused-ring (bicyclic) bond motifs is 1. The highest BCUT2D eigenvalue weighted by atomic mass is 15.1. The molecule has 2 N–H and O–H groups in total. The molecule has 0 bridgehead atoms. The molecule has 3 heteroatoms. The highest BCUT2D eigenvalue weighted by molar-refractivity contribution is 5.79. The Balaban J connectivity index is 1.59. The van der Waals surface area contributed by atoms with Crippen LogP contribution >= 0.6 is 0 Å². The molecule has 2 aromatic rings. The van der Waals surface area contributed by atoms with Gasteiger partial charge >= 0.3 is 0 Å². The molecule has 0 aliphatic carbocycles. The van der Waals surface area contributed by atoms with Crippen LogP contribution in [0, 0.1) is 0 Å². The van der Waals surface area contributed by atoms with Crippen LogP contribution in [0.15, 0.2) is 30.5 Å². The lowest BCUT2D eigenvalue weighted by Gasteiger charge is -2.35. The van der Waals surface area contributed by atoms with Crippen LogP contribution in [0.3, 0.4) is 0 Å².